The number of benzene rings is 2. The molecule has 29 heavy (non-hydrogen) atoms. The van der Waals surface area contributed by atoms with Crippen LogP contribution in [0.15, 0.2) is 59.5 Å². The van der Waals surface area contributed by atoms with Crippen LogP contribution in [0.4, 0.5) is 4.39 Å². The summed E-state index contributed by atoms with van der Waals surface area (Å²) >= 11 is 0. The van der Waals surface area contributed by atoms with Crippen molar-refractivity contribution in [3.8, 4) is 0 Å². The summed E-state index contributed by atoms with van der Waals surface area (Å²) in [7, 11) is -3.90. The van der Waals surface area contributed by atoms with E-state index >= 15 is 0 Å². The van der Waals surface area contributed by atoms with Crippen molar-refractivity contribution in [1.29, 1.82) is 0 Å². The average molecular weight is 422 g/mol. The summed E-state index contributed by atoms with van der Waals surface area (Å²) in [5, 5.41) is 2.66. The topological polar surface area (TPSA) is 102 Å². The minimum absolute atomic E-state index is 0.0126. The van der Waals surface area contributed by atoms with Crippen molar-refractivity contribution in [3.05, 3.63) is 66.0 Å². The molecule has 3 unspecified atom stereocenters. The van der Waals surface area contributed by atoms with Crippen molar-refractivity contribution in [3.63, 3.8) is 0 Å². The summed E-state index contributed by atoms with van der Waals surface area (Å²) in [6.45, 7) is 4.41. The highest BCUT2D eigenvalue weighted by molar-refractivity contribution is 7.89. The first kappa shape index (κ1) is 22.5. The van der Waals surface area contributed by atoms with Gasteiger partial charge in [0.2, 0.25) is 10.0 Å². The molecule has 0 spiro atoms. The first-order valence-corrected chi connectivity index (χ1v) is 10.4. The van der Waals surface area contributed by atoms with E-state index in [1.54, 1.807) is 25.1 Å². The fourth-order valence-corrected chi connectivity index (χ4v) is 3.66. The predicted octanol–water partition coefficient (Wildman–Crippen LogP) is 2.30. The summed E-state index contributed by atoms with van der Waals surface area (Å²) in [5.74, 6) is -1.84. The maximum absolute atomic E-state index is 13.0. The van der Waals surface area contributed by atoms with Crippen LogP contribution in [0.1, 0.15) is 32.4 Å². The third-order valence-electron chi connectivity index (χ3n) is 4.13. The van der Waals surface area contributed by atoms with E-state index in [2.05, 4.69) is 10.0 Å². The molecule has 0 radical (unpaired) electrons. The standard InChI is InChI=1S/C20H23FN2O5S/c1-13(16-9-11-17(21)12-10-16)22-19(24)15(3)28-20(25)14(2)23-29(26,27)18-7-5-4-6-8-18/h4-15,23H,1-3H3,(H,22,24). The molecule has 2 aromatic carbocycles. The van der Waals surface area contributed by atoms with Gasteiger partial charge in [-0.3, -0.25) is 9.59 Å². The summed E-state index contributed by atoms with van der Waals surface area (Å²) < 4.78 is 44.8. The van der Waals surface area contributed by atoms with Crippen LogP contribution in [0.3, 0.4) is 0 Å². The Balaban J connectivity index is 1.91. The fourth-order valence-electron chi connectivity index (χ4n) is 2.44. The van der Waals surface area contributed by atoms with E-state index in [1.807, 2.05) is 0 Å². The lowest BCUT2D eigenvalue weighted by Gasteiger charge is -2.20. The Bertz CT molecular complexity index is 949. The van der Waals surface area contributed by atoms with E-state index in [0.29, 0.717) is 5.56 Å². The van der Waals surface area contributed by atoms with Gasteiger partial charge in [-0.05, 0) is 50.6 Å². The summed E-state index contributed by atoms with van der Waals surface area (Å²) in [5.41, 5.74) is 0.683. The number of esters is 1. The van der Waals surface area contributed by atoms with Gasteiger partial charge in [-0.1, -0.05) is 30.3 Å². The molecule has 0 heterocycles. The largest absolute Gasteiger partial charge is 0.451 e. The molecule has 156 valence electrons. The first-order valence-electron chi connectivity index (χ1n) is 8.94. The highest BCUT2D eigenvalue weighted by Crippen LogP contribution is 2.13. The number of sulfonamides is 1. The van der Waals surface area contributed by atoms with Crippen molar-refractivity contribution in [1.82, 2.24) is 10.0 Å². The molecular formula is C20H23FN2O5S. The van der Waals surface area contributed by atoms with Gasteiger partial charge in [0.25, 0.3) is 5.91 Å². The van der Waals surface area contributed by atoms with Gasteiger partial charge in [-0.2, -0.15) is 4.72 Å². The molecule has 0 aliphatic carbocycles. The van der Waals surface area contributed by atoms with Gasteiger partial charge in [0.1, 0.15) is 11.9 Å². The Kier molecular flexibility index (Phi) is 7.46. The molecule has 0 fully saturated rings. The van der Waals surface area contributed by atoms with Crippen molar-refractivity contribution in [2.45, 2.75) is 43.9 Å². The second kappa shape index (κ2) is 9.62. The minimum Gasteiger partial charge on any atom is -0.451 e. The lowest BCUT2D eigenvalue weighted by Crippen LogP contribution is -2.43. The molecule has 0 bridgehead atoms. The van der Waals surface area contributed by atoms with E-state index in [1.165, 1.54) is 50.2 Å². The molecule has 1 amide bonds. The number of halogens is 1. The number of carbonyl (C=O) groups excluding carboxylic acids is 2. The Morgan fingerprint density at radius 2 is 1.55 bits per heavy atom. The van der Waals surface area contributed by atoms with Crippen LogP contribution < -0.4 is 10.0 Å². The Labute approximate surface area is 169 Å². The zero-order valence-corrected chi connectivity index (χ0v) is 17.1. The molecule has 0 saturated heterocycles. The SMILES string of the molecule is CC(NS(=O)(=O)c1ccccc1)C(=O)OC(C)C(=O)NC(C)c1ccc(F)cc1. The summed E-state index contributed by atoms with van der Waals surface area (Å²) in [6.07, 6.45) is -1.14. The van der Waals surface area contributed by atoms with Crippen molar-refractivity contribution < 1.29 is 27.1 Å². The number of carbonyl (C=O) groups is 2. The van der Waals surface area contributed by atoms with Gasteiger partial charge in [0.15, 0.2) is 6.10 Å². The molecule has 2 rings (SSSR count). The second-order valence-electron chi connectivity index (χ2n) is 6.52. The van der Waals surface area contributed by atoms with Crippen LogP contribution in [0.5, 0.6) is 0 Å². The van der Waals surface area contributed by atoms with E-state index in [-0.39, 0.29) is 10.7 Å². The highest BCUT2D eigenvalue weighted by atomic mass is 32.2. The number of amides is 1. The van der Waals surface area contributed by atoms with Crippen LogP contribution in [-0.2, 0) is 24.3 Å². The van der Waals surface area contributed by atoms with E-state index in [9.17, 15) is 22.4 Å². The number of hydrogen-bond acceptors (Lipinski definition) is 5. The van der Waals surface area contributed by atoms with Crippen molar-refractivity contribution in [2.75, 3.05) is 0 Å². The third-order valence-corrected chi connectivity index (χ3v) is 5.69. The lowest BCUT2D eigenvalue weighted by atomic mass is 10.1. The Morgan fingerprint density at radius 3 is 2.14 bits per heavy atom. The molecule has 9 heteroatoms. The van der Waals surface area contributed by atoms with Gasteiger partial charge < -0.3 is 10.1 Å². The van der Waals surface area contributed by atoms with Crippen LogP contribution in [0.2, 0.25) is 0 Å². The number of ether oxygens (including phenoxy) is 1. The fraction of sp³-hybridized carbons (Fsp3) is 0.300. The average Bonchev–Trinajstić information content (AvgIpc) is 2.68. The van der Waals surface area contributed by atoms with Gasteiger partial charge in [-0.15, -0.1) is 0 Å². The molecule has 3 atom stereocenters. The van der Waals surface area contributed by atoms with E-state index < -0.39 is 40.1 Å². The molecule has 0 aromatic heterocycles. The van der Waals surface area contributed by atoms with Gasteiger partial charge in [0, 0.05) is 0 Å². The normalized spacial score (nSPS) is 14.5. The first-order chi connectivity index (χ1) is 13.6. The molecule has 2 aromatic rings. The van der Waals surface area contributed by atoms with Gasteiger partial charge in [-0.25, -0.2) is 12.8 Å². The minimum atomic E-state index is -3.90. The van der Waals surface area contributed by atoms with Crippen LogP contribution in [0.25, 0.3) is 0 Å². The van der Waals surface area contributed by atoms with Gasteiger partial charge in [0.05, 0.1) is 10.9 Å². The molecule has 0 saturated carbocycles. The zero-order chi connectivity index (χ0) is 21.6. The molecular weight excluding hydrogens is 399 g/mol. The molecule has 0 aliphatic heterocycles. The Hall–Kier alpha value is -2.78. The number of nitrogens with one attached hydrogen (secondary N) is 2. The van der Waals surface area contributed by atoms with Crippen LogP contribution >= 0.6 is 0 Å². The second-order valence-corrected chi connectivity index (χ2v) is 8.23. The quantitative estimate of drug-likeness (QED) is 0.636. The maximum Gasteiger partial charge on any atom is 0.324 e. The monoisotopic (exact) mass is 422 g/mol. The lowest BCUT2D eigenvalue weighted by molar-refractivity contribution is -0.156. The smallest absolute Gasteiger partial charge is 0.324 e. The highest BCUT2D eigenvalue weighted by Gasteiger charge is 2.26. The third kappa shape index (κ3) is 6.37. The van der Waals surface area contributed by atoms with Crippen molar-refractivity contribution in [2.24, 2.45) is 0 Å². The molecule has 2 N–H and O–H groups in total. The summed E-state index contributed by atoms with van der Waals surface area (Å²) in [6, 6.07) is 11.6. The number of rotatable bonds is 8. The molecule has 7 nitrogen and oxygen atoms in total. The van der Waals surface area contributed by atoms with Crippen molar-refractivity contribution >= 4 is 21.9 Å². The van der Waals surface area contributed by atoms with E-state index in [4.69, 9.17) is 4.74 Å². The number of hydrogen-bond donors (Lipinski definition) is 2. The molecule has 0 aliphatic rings. The maximum atomic E-state index is 13.0. The van der Waals surface area contributed by atoms with Gasteiger partial charge >= 0.3 is 5.97 Å². The van der Waals surface area contributed by atoms with Crippen LogP contribution in [-0.4, -0.2) is 32.4 Å². The zero-order valence-electron chi connectivity index (χ0n) is 16.3. The van der Waals surface area contributed by atoms with Crippen LogP contribution in [0, 0.1) is 5.82 Å². The predicted molar refractivity (Wildman–Crippen MR) is 105 cm³/mol. The summed E-state index contributed by atoms with van der Waals surface area (Å²) in [4.78, 5) is 24.5. The Morgan fingerprint density at radius 1 is 0.966 bits per heavy atom. The van der Waals surface area contributed by atoms with E-state index in [0.717, 1.165) is 0 Å².